The van der Waals surface area contributed by atoms with Crippen LogP contribution in [0.5, 0.6) is 0 Å². The molecular formula is C29H28N2O2S. The molecule has 1 fully saturated rings. The highest BCUT2D eigenvalue weighted by Gasteiger charge is 2.43. The summed E-state index contributed by atoms with van der Waals surface area (Å²) in [5, 5.41) is 0.756. The summed E-state index contributed by atoms with van der Waals surface area (Å²) >= 11 is 1.63. The molecule has 2 heterocycles. The number of aromatic nitrogens is 2. The van der Waals surface area contributed by atoms with Crippen molar-refractivity contribution >= 4 is 11.8 Å². The van der Waals surface area contributed by atoms with Crippen LogP contribution < -0.4 is 5.56 Å². The van der Waals surface area contributed by atoms with Gasteiger partial charge in [-0.15, -0.1) is 0 Å². The molecule has 2 aromatic heterocycles. The van der Waals surface area contributed by atoms with Gasteiger partial charge in [0.25, 0.3) is 5.56 Å². The van der Waals surface area contributed by atoms with E-state index >= 15 is 0 Å². The van der Waals surface area contributed by atoms with Gasteiger partial charge in [-0.3, -0.25) is 9.36 Å². The second kappa shape index (κ2) is 8.95. The minimum atomic E-state index is -0.112. The van der Waals surface area contributed by atoms with Crippen LogP contribution in [0.15, 0.2) is 87.4 Å². The Morgan fingerprint density at radius 3 is 2.53 bits per heavy atom. The molecule has 0 atom stereocenters. The molecule has 0 unspecified atom stereocenters. The van der Waals surface area contributed by atoms with Gasteiger partial charge in [-0.05, 0) is 42.5 Å². The molecule has 0 N–H and O–H groups in total. The number of hydrogen-bond donors (Lipinski definition) is 0. The number of fused-ring (bicyclic) bond motifs is 4. The van der Waals surface area contributed by atoms with Crippen molar-refractivity contribution in [1.29, 1.82) is 0 Å². The zero-order chi connectivity index (χ0) is 23.0. The summed E-state index contributed by atoms with van der Waals surface area (Å²) in [5.41, 5.74) is 5.49. The summed E-state index contributed by atoms with van der Waals surface area (Å²) in [6.45, 7) is 0.404. The van der Waals surface area contributed by atoms with Gasteiger partial charge in [-0.1, -0.05) is 85.6 Å². The van der Waals surface area contributed by atoms with Crippen LogP contribution in [0.25, 0.3) is 11.3 Å². The molecule has 172 valence electrons. The maximum absolute atomic E-state index is 14.3. The lowest BCUT2D eigenvalue weighted by Crippen LogP contribution is -2.43. The third kappa shape index (κ3) is 3.82. The molecule has 4 aromatic rings. The summed E-state index contributed by atoms with van der Waals surface area (Å²) in [4.78, 5) is 19.6. The lowest BCUT2D eigenvalue weighted by atomic mass is 9.62. The summed E-state index contributed by atoms with van der Waals surface area (Å²) in [6, 6.07) is 22.7. The third-order valence-electron chi connectivity index (χ3n) is 7.38. The van der Waals surface area contributed by atoms with Crippen molar-refractivity contribution < 1.29 is 4.42 Å². The van der Waals surface area contributed by atoms with E-state index in [1.807, 2.05) is 22.8 Å². The third-order valence-corrected chi connectivity index (χ3v) is 8.43. The smallest absolute Gasteiger partial charge is 0.258 e. The largest absolute Gasteiger partial charge is 0.467 e. The average molecular weight is 469 g/mol. The Morgan fingerprint density at radius 2 is 1.74 bits per heavy atom. The summed E-state index contributed by atoms with van der Waals surface area (Å²) in [5.74, 6) is 1.54. The van der Waals surface area contributed by atoms with Crippen molar-refractivity contribution in [3.05, 3.63) is 106 Å². The first kappa shape index (κ1) is 21.5. The summed E-state index contributed by atoms with van der Waals surface area (Å²) in [7, 11) is 0. The fourth-order valence-corrected chi connectivity index (χ4v) is 6.70. The lowest BCUT2D eigenvalue weighted by Gasteiger charge is -2.42. The van der Waals surface area contributed by atoms with E-state index in [1.54, 1.807) is 18.0 Å². The van der Waals surface area contributed by atoms with Crippen LogP contribution in [-0.4, -0.2) is 9.55 Å². The average Bonchev–Trinajstić information content (AvgIpc) is 3.39. The Kier molecular flexibility index (Phi) is 5.66. The van der Waals surface area contributed by atoms with E-state index in [2.05, 4.69) is 48.5 Å². The zero-order valence-corrected chi connectivity index (χ0v) is 20.0. The molecule has 6 rings (SSSR count). The van der Waals surface area contributed by atoms with E-state index in [0.29, 0.717) is 6.54 Å². The van der Waals surface area contributed by atoms with Crippen molar-refractivity contribution in [1.82, 2.24) is 9.55 Å². The van der Waals surface area contributed by atoms with Crippen LogP contribution in [0.2, 0.25) is 0 Å². The summed E-state index contributed by atoms with van der Waals surface area (Å²) < 4.78 is 7.51. The van der Waals surface area contributed by atoms with Gasteiger partial charge in [0.05, 0.1) is 24.1 Å². The molecule has 1 saturated carbocycles. The first-order valence-electron chi connectivity index (χ1n) is 12.2. The van der Waals surface area contributed by atoms with Crippen LogP contribution in [0.4, 0.5) is 0 Å². The van der Waals surface area contributed by atoms with Gasteiger partial charge in [0.15, 0.2) is 5.16 Å². The number of benzene rings is 2. The molecule has 0 saturated heterocycles. The van der Waals surface area contributed by atoms with Crippen molar-refractivity contribution in [2.45, 2.75) is 61.4 Å². The van der Waals surface area contributed by atoms with Gasteiger partial charge in [0.2, 0.25) is 0 Å². The predicted molar refractivity (Wildman–Crippen MR) is 136 cm³/mol. The molecule has 0 radical (unpaired) electrons. The first-order valence-corrected chi connectivity index (χ1v) is 13.1. The van der Waals surface area contributed by atoms with Gasteiger partial charge in [-0.25, -0.2) is 4.98 Å². The lowest BCUT2D eigenvalue weighted by molar-refractivity contribution is 0.282. The Balaban J connectivity index is 1.53. The Labute approximate surface area is 204 Å². The number of rotatable bonds is 5. The topological polar surface area (TPSA) is 48.0 Å². The van der Waals surface area contributed by atoms with Crippen LogP contribution in [0.1, 0.15) is 54.6 Å². The maximum atomic E-state index is 14.3. The fourth-order valence-electron chi connectivity index (χ4n) is 5.75. The molecule has 1 spiro atoms. The summed E-state index contributed by atoms with van der Waals surface area (Å²) in [6.07, 6.45) is 8.31. The highest BCUT2D eigenvalue weighted by molar-refractivity contribution is 7.98. The van der Waals surface area contributed by atoms with Gasteiger partial charge in [0, 0.05) is 16.7 Å². The van der Waals surface area contributed by atoms with Crippen molar-refractivity contribution in [2.24, 2.45) is 0 Å². The number of hydrogen-bond acceptors (Lipinski definition) is 4. The number of nitrogens with zero attached hydrogens (tertiary/aromatic N) is 2. The predicted octanol–water partition coefficient (Wildman–Crippen LogP) is 6.60. The Morgan fingerprint density at radius 1 is 0.941 bits per heavy atom. The van der Waals surface area contributed by atoms with E-state index < -0.39 is 0 Å². The molecule has 0 aliphatic heterocycles. The molecule has 4 nitrogen and oxygen atoms in total. The second-order valence-corrected chi connectivity index (χ2v) is 10.5. The standard InChI is InChI=1S/C29H28N2O2S/c32-27-25-26(24-14-6-5-12-22(24)18-29(25)15-7-2-8-16-29)30-28(31(27)19-23-13-9-17-33-23)34-20-21-10-3-1-4-11-21/h1,3-6,9-14,17H,2,7-8,15-16,18-20H2. The van der Waals surface area contributed by atoms with E-state index in [4.69, 9.17) is 9.40 Å². The van der Waals surface area contributed by atoms with Crippen LogP contribution in [-0.2, 0) is 24.1 Å². The molecule has 0 bridgehead atoms. The van der Waals surface area contributed by atoms with Crippen molar-refractivity contribution in [2.75, 3.05) is 0 Å². The minimum Gasteiger partial charge on any atom is -0.467 e. The van der Waals surface area contributed by atoms with Crippen molar-refractivity contribution in [3.8, 4) is 11.3 Å². The van der Waals surface area contributed by atoms with E-state index in [1.165, 1.54) is 30.4 Å². The maximum Gasteiger partial charge on any atom is 0.258 e. The molecular weight excluding hydrogens is 440 g/mol. The van der Waals surface area contributed by atoms with E-state index in [0.717, 1.165) is 52.8 Å². The highest BCUT2D eigenvalue weighted by atomic mass is 32.2. The van der Waals surface area contributed by atoms with E-state index in [9.17, 15) is 4.79 Å². The first-order chi connectivity index (χ1) is 16.7. The van der Waals surface area contributed by atoms with Crippen LogP contribution >= 0.6 is 11.8 Å². The number of thioether (sulfide) groups is 1. The monoisotopic (exact) mass is 468 g/mol. The normalized spacial score (nSPS) is 16.2. The fraction of sp³-hybridized carbons (Fsp3) is 0.310. The highest BCUT2D eigenvalue weighted by Crippen LogP contribution is 2.48. The zero-order valence-electron chi connectivity index (χ0n) is 19.2. The number of furan rings is 1. The molecule has 2 aliphatic carbocycles. The van der Waals surface area contributed by atoms with Crippen LogP contribution in [0, 0.1) is 0 Å². The quantitative estimate of drug-likeness (QED) is 0.244. The van der Waals surface area contributed by atoms with Gasteiger partial charge < -0.3 is 4.42 Å². The molecule has 2 aliphatic rings. The van der Waals surface area contributed by atoms with E-state index in [-0.39, 0.29) is 11.0 Å². The van der Waals surface area contributed by atoms with Gasteiger partial charge in [-0.2, -0.15) is 0 Å². The molecule has 34 heavy (non-hydrogen) atoms. The van der Waals surface area contributed by atoms with Crippen LogP contribution in [0.3, 0.4) is 0 Å². The molecule has 2 aromatic carbocycles. The second-order valence-electron chi connectivity index (χ2n) is 9.54. The SMILES string of the molecule is O=c1c2c(nc(SCc3ccccc3)n1Cc1ccco1)-c1ccccc1CC21CCCCC1. The Bertz CT molecular complexity index is 1350. The van der Waals surface area contributed by atoms with Gasteiger partial charge in [0.1, 0.15) is 5.76 Å². The molecule has 5 heteroatoms. The Hall–Kier alpha value is -3.05. The minimum absolute atomic E-state index is 0.105. The van der Waals surface area contributed by atoms with Crippen molar-refractivity contribution in [3.63, 3.8) is 0 Å². The molecule has 0 amide bonds. The van der Waals surface area contributed by atoms with Gasteiger partial charge >= 0.3 is 0 Å².